The maximum absolute atomic E-state index is 12.0. The van der Waals surface area contributed by atoms with E-state index in [2.05, 4.69) is 10.6 Å². The molecule has 1 saturated heterocycles. The van der Waals surface area contributed by atoms with Crippen molar-refractivity contribution in [3.8, 4) is 0 Å². The van der Waals surface area contributed by atoms with E-state index in [4.69, 9.17) is 9.47 Å². The van der Waals surface area contributed by atoms with Gasteiger partial charge in [-0.15, -0.1) is 0 Å². The van der Waals surface area contributed by atoms with Crippen molar-refractivity contribution in [2.75, 3.05) is 33.9 Å². The molecule has 0 aromatic heterocycles. The Morgan fingerprint density at radius 3 is 2.69 bits per heavy atom. The lowest BCUT2D eigenvalue weighted by atomic mass is 9.82. The molecule has 5 heteroatoms. The number of ether oxygens (including phenoxy) is 2. The van der Waals surface area contributed by atoms with Gasteiger partial charge in [0.25, 0.3) is 0 Å². The zero-order valence-corrected chi connectivity index (χ0v) is 10.3. The fraction of sp³-hybridized carbons (Fsp3) is 0.909. The first kappa shape index (κ1) is 13.4. The molecule has 1 unspecified atom stereocenters. The highest BCUT2D eigenvalue weighted by molar-refractivity contribution is 5.82. The first-order chi connectivity index (χ1) is 7.62. The second kappa shape index (κ2) is 6.18. The van der Waals surface area contributed by atoms with Crippen LogP contribution in [0.25, 0.3) is 0 Å². The van der Waals surface area contributed by atoms with Gasteiger partial charge in [0.15, 0.2) is 6.29 Å². The van der Waals surface area contributed by atoms with Gasteiger partial charge >= 0.3 is 0 Å². The molecule has 1 aliphatic heterocycles. The van der Waals surface area contributed by atoms with E-state index in [1.54, 1.807) is 14.2 Å². The molecule has 1 aliphatic rings. The van der Waals surface area contributed by atoms with Crippen LogP contribution in [0.5, 0.6) is 0 Å². The van der Waals surface area contributed by atoms with E-state index >= 15 is 0 Å². The molecule has 1 atom stereocenters. The van der Waals surface area contributed by atoms with E-state index in [-0.39, 0.29) is 17.6 Å². The smallest absolute Gasteiger partial charge is 0.227 e. The van der Waals surface area contributed by atoms with Crippen molar-refractivity contribution in [1.82, 2.24) is 10.6 Å². The Hall–Kier alpha value is -0.650. The molecule has 5 nitrogen and oxygen atoms in total. The van der Waals surface area contributed by atoms with Crippen LogP contribution in [0.3, 0.4) is 0 Å². The number of hydrogen-bond donors (Lipinski definition) is 2. The fourth-order valence-corrected chi connectivity index (χ4v) is 1.90. The zero-order chi connectivity index (χ0) is 12.0. The Kier molecular flexibility index (Phi) is 5.18. The largest absolute Gasteiger partial charge is 0.354 e. The van der Waals surface area contributed by atoms with Gasteiger partial charge in [-0.2, -0.15) is 0 Å². The van der Waals surface area contributed by atoms with E-state index < -0.39 is 0 Å². The topological polar surface area (TPSA) is 59.6 Å². The molecule has 0 aromatic carbocycles. The highest BCUT2D eigenvalue weighted by atomic mass is 16.7. The minimum absolute atomic E-state index is 0.0683. The number of piperidine rings is 1. The lowest BCUT2D eigenvalue weighted by molar-refractivity contribution is -0.136. The van der Waals surface area contributed by atoms with Gasteiger partial charge in [-0.1, -0.05) is 0 Å². The zero-order valence-electron chi connectivity index (χ0n) is 10.3. The number of hydrogen-bond acceptors (Lipinski definition) is 4. The fourth-order valence-electron chi connectivity index (χ4n) is 1.90. The molecule has 0 aromatic rings. The molecule has 0 aliphatic carbocycles. The standard InChI is InChI=1S/C11H22N2O3/c1-11(5-4-6-12-8-11)10(14)13-7-9(15-2)16-3/h9,12H,4-8H2,1-3H3,(H,13,14). The molecular formula is C11H22N2O3. The molecule has 0 radical (unpaired) electrons. The SMILES string of the molecule is COC(CNC(=O)C1(C)CCCNC1)OC. The molecule has 1 fully saturated rings. The summed E-state index contributed by atoms with van der Waals surface area (Å²) in [6, 6.07) is 0. The maximum Gasteiger partial charge on any atom is 0.227 e. The molecule has 2 N–H and O–H groups in total. The van der Waals surface area contributed by atoms with Crippen LogP contribution in [0, 0.1) is 5.41 Å². The van der Waals surface area contributed by atoms with Crippen molar-refractivity contribution in [3.63, 3.8) is 0 Å². The Morgan fingerprint density at radius 2 is 2.19 bits per heavy atom. The number of amides is 1. The summed E-state index contributed by atoms with van der Waals surface area (Å²) in [5, 5.41) is 6.11. The quantitative estimate of drug-likeness (QED) is 0.658. The first-order valence-electron chi connectivity index (χ1n) is 5.67. The normalized spacial score (nSPS) is 25.8. The van der Waals surface area contributed by atoms with Crippen molar-refractivity contribution in [1.29, 1.82) is 0 Å². The summed E-state index contributed by atoms with van der Waals surface area (Å²) in [5.74, 6) is 0.0683. The third kappa shape index (κ3) is 3.43. The summed E-state index contributed by atoms with van der Waals surface area (Å²) >= 11 is 0. The van der Waals surface area contributed by atoms with Gasteiger partial charge in [0, 0.05) is 20.8 Å². The summed E-state index contributed by atoms with van der Waals surface area (Å²) < 4.78 is 10.0. The van der Waals surface area contributed by atoms with E-state index in [1.807, 2.05) is 6.92 Å². The minimum Gasteiger partial charge on any atom is -0.354 e. The second-order valence-electron chi connectivity index (χ2n) is 4.45. The molecule has 1 amide bonds. The second-order valence-corrected chi connectivity index (χ2v) is 4.45. The van der Waals surface area contributed by atoms with Gasteiger partial charge in [-0.05, 0) is 26.3 Å². The van der Waals surface area contributed by atoms with Gasteiger partial charge in [0.1, 0.15) is 0 Å². The Labute approximate surface area is 96.9 Å². The average molecular weight is 230 g/mol. The number of nitrogens with one attached hydrogen (secondary N) is 2. The van der Waals surface area contributed by atoms with Crippen LogP contribution >= 0.6 is 0 Å². The van der Waals surface area contributed by atoms with Crippen molar-refractivity contribution in [2.24, 2.45) is 5.41 Å². The summed E-state index contributed by atoms with van der Waals surface area (Å²) in [6.07, 6.45) is 1.60. The Morgan fingerprint density at radius 1 is 1.50 bits per heavy atom. The molecule has 0 saturated carbocycles. The van der Waals surface area contributed by atoms with Crippen LogP contribution in [0.1, 0.15) is 19.8 Å². The van der Waals surface area contributed by atoms with Crippen LogP contribution in [0.4, 0.5) is 0 Å². The molecular weight excluding hydrogens is 208 g/mol. The Balaban J connectivity index is 2.38. The van der Waals surface area contributed by atoms with E-state index in [0.29, 0.717) is 6.54 Å². The number of carbonyl (C=O) groups is 1. The lowest BCUT2D eigenvalue weighted by Gasteiger charge is -2.33. The van der Waals surface area contributed by atoms with Crippen LogP contribution in [-0.2, 0) is 14.3 Å². The van der Waals surface area contributed by atoms with Gasteiger partial charge in [-0.3, -0.25) is 4.79 Å². The van der Waals surface area contributed by atoms with Gasteiger partial charge in [0.05, 0.1) is 12.0 Å². The monoisotopic (exact) mass is 230 g/mol. The van der Waals surface area contributed by atoms with Gasteiger partial charge in [0.2, 0.25) is 5.91 Å². The molecule has 0 spiro atoms. The summed E-state index contributed by atoms with van der Waals surface area (Å²) in [6.45, 7) is 4.12. The van der Waals surface area contributed by atoms with E-state index in [0.717, 1.165) is 25.9 Å². The highest BCUT2D eigenvalue weighted by Gasteiger charge is 2.34. The predicted molar refractivity (Wildman–Crippen MR) is 61.0 cm³/mol. The van der Waals surface area contributed by atoms with Crippen molar-refractivity contribution >= 4 is 5.91 Å². The molecule has 94 valence electrons. The average Bonchev–Trinajstić information content (AvgIpc) is 2.31. The van der Waals surface area contributed by atoms with Gasteiger partial charge < -0.3 is 20.1 Å². The van der Waals surface area contributed by atoms with Crippen LogP contribution in [-0.4, -0.2) is 46.1 Å². The maximum atomic E-state index is 12.0. The number of methoxy groups -OCH3 is 2. The van der Waals surface area contributed by atoms with E-state index in [9.17, 15) is 4.79 Å². The lowest BCUT2D eigenvalue weighted by Crippen LogP contribution is -2.50. The number of rotatable bonds is 5. The predicted octanol–water partition coefficient (Wildman–Crippen LogP) is 0.111. The highest BCUT2D eigenvalue weighted by Crippen LogP contribution is 2.25. The van der Waals surface area contributed by atoms with Crippen molar-refractivity contribution < 1.29 is 14.3 Å². The third-order valence-corrected chi connectivity index (χ3v) is 3.10. The van der Waals surface area contributed by atoms with Gasteiger partial charge in [-0.25, -0.2) is 0 Å². The first-order valence-corrected chi connectivity index (χ1v) is 5.67. The molecule has 16 heavy (non-hydrogen) atoms. The van der Waals surface area contributed by atoms with Crippen molar-refractivity contribution in [2.45, 2.75) is 26.1 Å². The van der Waals surface area contributed by atoms with Crippen LogP contribution < -0.4 is 10.6 Å². The summed E-state index contributed by atoms with van der Waals surface area (Å²) in [7, 11) is 3.12. The van der Waals surface area contributed by atoms with Crippen LogP contribution in [0.15, 0.2) is 0 Å². The van der Waals surface area contributed by atoms with Crippen LogP contribution in [0.2, 0.25) is 0 Å². The number of carbonyl (C=O) groups excluding carboxylic acids is 1. The molecule has 0 bridgehead atoms. The van der Waals surface area contributed by atoms with E-state index in [1.165, 1.54) is 0 Å². The summed E-state index contributed by atoms with van der Waals surface area (Å²) in [4.78, 5) is 12.0. The minimum atomic E-state index is -0.371. The van der Waals surface area contributed by atoms with Crippen molar-refractivity contribution in [3.05, 3.63) is 0 Å². The third-order valence-electron chi connectivity index (χ3n) is 3.10. The Bertz CT molecular complexity index is 223. The molecule has 1 heterocycles. The molecule has 1 rings (SSSR count). The summed E-state index contributed by atoms with van der Waals surface area (Å²) in [5.41, 5.74) is -0.301.